The van der Waals surface area contributed by atoms with Gasteiger partial charge in [0.15, 0.2) is 0 Å². The molecule has 1 heterocycles. The number of rotatable bonds is 4. The molecule has 0 atom stereocenters. The molecule has 152 valence electrons. The second-order valence-corrected chi connectivity index (χ2v) is 9.71. The zero-order valence-electron chi connectivity index (χ0n) is 15.0. The smallest absolute Gasteiger partial charge is 0.244 e. The van der Waals surface area contributed by atoms with E-state index in [1.165, 1.54) is 28.6 Å². The van der Waals surface area contributed by atoms with Crippen molar-refractivity contribution in [1.29, 1.82) is 5.26 Å². The van der Waals surface area contributed by atoms with Crippen molar-refractivity contribution in [3.63, 3.8) is 0 Å². The molecule has 1 saturated heterocycles. The van der Waals surface area contributed by atoms with Gasteiger partial charge >= 0.3 is 0 Å². The van der Waals surface area contributed by atoms with Crippen molar-refractivity contribution < 1.29 is 13.2 Å². The average molecular weight is 473 g/mol. The molecule has 0 unspecified atom stereocenters. The summed E-state index contributed by atoms with van der Waals surface area (Å²) in [6.07, 6.45) is 0.726. The van der Waals surface area contributed by atoms with E-state index in [4.69, 9.17) is 40.1 Å². The second kappa shape index (κ2) is 8.90. The van der Waals surface area contributed by atoms with Crippen molar-refractivity contribution in [2.75, 3.05) is 18.4 Å². The van der Waals surface area contributed by atoms with Crippen molar-refractivity contribution in [3.8, 4) is 6.07 Å². The summed E-state index contributed by atoms with van der Waals surface area (Å²) >= 11 is 17.9. The maximum absolute atomic E-state index is 12.9. The molecule has 0 aromatic heterocycles. The molecule has 2 aromatic carbocycles. The first-order chi connectivity index (χ1) is 13.7. The third-order valence-corrected chi connectivity index (χ3v) is 7.64. The van der Waals surface area contributed by atoms with Gasteiger partial charge in [-0.3, -0.25) is 4.79 Å². The lowest BCUT2D eigenvalue weighted by Gasteiger charge is -2.30. The van der Waals surface area contributed by atoms with Gasteiger partial charge in [0.2, 0.25) is 15.9 Å². The predicted octanol–water partition coefficient (Wildman–Crippen LogP) is 4.56. The third-order valence-electron chi connectivity index (χ3n) is 4.69. The Balaban J connectivity index is 1.66. The molecule has 1 fully saturated rings. The van der Waals surface area contributed by atoms with Crippen LogP contribution in [0.15, 0.2) is 41.3 Å². The van der Waals surface area contributed by atoms with Gasteiger partial charge in [0.1, 0.15) is 11.0 Å². The first-order valence-corrected chi connectivity index (χ1v) is 11.3. The fourth-order valence-corrected chi connectivity index (χ4v) is 5.47. The number of anilines is 1. The van der Waals surface area contributed by atoms with Crippen LogP contribution in [0.5, 0.6) is 0 Å². The van der Waals surface area contributed by atoms with Gasteiger partial charge < -0.3 is 5.32 Å². The number of benzene rings is 2. The Morgan fingerprint density at radius 2 is 1.72 bits per heavy atom. The summed E-state index contributed by atoms with van der Waals surface area (Å²) in [7, 11) is -3.80. The van der Waals surface area contributed by atoms with Gasteiger partial charge in [-0.25, -0.2) is 8.42 Å². The minimum atomic E-state index is -3.80. The second-order valence-electron chi connectivity index (χ2n) is 6.55. The van der Waals surface area contributed by atoms with Gasteiger partial charge in [-0.05, 0) is 49.2 Å². The van der Waals surface area contributed by atoms with E-state index in [0.717, 1.165) is 0 Å². The van der Waals surface area contributed by atoms with Crippen LogP contribution in [0, 0.1) is 17.2 Å². The van der Waals surface area contributed by atoms with Crippen LogP contribution in [0.2, 0.25) is 15.1 Å². The zero-order valence-corrected chi connectivity index (χ0v) is 18.1. The summed E-state index contributed by atoms with van der Waals surface area (Å²) in [6, 6.07) is 10.9. The Bertz CT molecular complexity index is 1090. The van der Waals surface area contributed by atoms with E-state index >= 15 is 0 Å². The Labute approximate surface area is 184 Å². The molecule has 0 radical (unpaired) electrons. The van der Waals surface area contributed by atoms with Crippen LogP contribution in [0.1, 0.15) is 18.4 Å². The number of piperidine rings is 1. The zero-order chi connectivity index (χ0) is 21.2. The van der Waals surface area contributed by atoms with E-state index in [1.54, 1.807) is 12.1 Å². The Hall–Kier alpha value is -1.82. The summed E-state index contributed by atoms with van der Waals surface area (Å²) in [5.41, 5.74) is 0.737. The number of nitrogens with one attached hydrogen (secondary N) is 1. The molecule has 0 spiro atoms. The van der Waals surface area contributed by atoms with Gasteiger partial charge in [-0.15, -0.1) is 0 Å². The maximum atomic E-state index is 12.9. The number of carbonyl (C=O) groups excluding carboxylic acids is 1. The number of halogens is 3. The molecule has 1 aliphatic rings. The molecule has 3 rings (SSSR count). The van der Waals surface area contributed by atoms with Crippen LogP contribution in [0.25, 0.3) is 0 Å². The monoisotopic (exact) mass is 471 g/mol. The summed E-state index contributed by atoms with van der Waals surface area (Å²) in [5, 5.41) is 12.5. The highest BCUT2D eigenvalue weighted by molar-refractivity contribution is 7.89. The molecule has 6 nitrogen and oxygen atoms in total. The molecule has 1 N–H and O–H groups in total. The average Bonchev–Trinajstić information content (AvgIpc) is 2.71. The van der Waals surface area contributed by atoms with Gasteiger partial charge in [-0.2, -0.15) is 9.57 Å². The topological polar surface area (TPSA) is 90.3 Å². The van der Waals surface area contributed by atoms with Crippen molar-refractivity contribution in [3.05, 3.63) is 57.0 Å². The largest absolute Gasteiger partial charge is 0.326 e. The summed E-state index contributed by atoms with van der Waals surface area (Å²) in [4.78, 5) is 12.5. The highest BCUT2D eigenvalue weighted by Crippen LogP contribution is 2.31. The number of nitriles is 1. The van der Waals surface area contributed by atoms with E-state index in [-0.39, 0.29) is 45.4 Å². The molecule has 2 aromatic rings. The molecule has 1 aliphatic heterocycles. The van der Waals surface area contributed by atoms with E-state index in [0.29, 0.717) is 23.6 Å². The highest BCUT2D eigenvalue weighted by Gasteiger charge is 2.33. The highest BCUT2D eigenvalue weighted by atomic mass is 35.5. The van der Waals surface area contributed by atoms with Crippen LogP contribution in [-0.2, 0) is 14.8 Å². The summed E-state index contributed by atoms with van der Waals surface area (Å²) in [5.74, 6) is -0.577. The van der Waals surface area contributed by atoms with Crippen LogP contribution < -0.4 is 5.32 Å². The van der Waals surface area contributed by atoms with E-state index in [9.17, 15) is 13.2 Å². The molecule has 29 heavy (non-hydrogen) atoms. The number of sulfonamides is 1. The van der Waals surface area contributed by atoms with Crippen LogP contribution >= 0.6 is 34.8 Å². The van der Waals surface area contributed by atoms with Crippen LogP contribution in [0.3, 0.4) is 0 Å². The van der Waals surface area contributed by atoms with Gasteiger partial charge in [0.25, 0.3) is 0 Å². The predicted molar refractivity (Wildman–Crippen MR) is 113 cm³/mol. The number of hydrogen-bond acceptors (Lipinski definition) is 4. The van der Waals surface area contributed by atoms with Crippen molar-refractivity contribution in [2.24, 2.45) is 5.92 Å². The molecule has 10 heteroatoms. The van der Waals surface area contributed by atoms with Crippen molar-refractivity contribution in [2.45, 2.75) is 17.7 Å². The molecule has 1 amide bonds. The summed E-state index contributed by atoms with van der Waals surface area (Å²) < 4.78 is 27.0. The van der Waals surface area contributed by atoms with Crippen molar-refractivity contribution in [1.82, 2.24) is 4.31 Å². The maximum Gasteiger partial charge on any atom is 0.244 e. The SMILES string of the molecule is N#Cc1cc(NC(=O)C2CCN(S(=O)(=O)c3cc(Cl)ccc3Cl)CC2)ccc1Cl. The van der Waals surface area contributed by atoms with Gasteiger partial charge in [0, 0.05) is 29.7 Å². The number of nitrogens with zero attached hydrogens (tertiary/aromatic N) is 2. The molecular weight excluding hydrogens is 457 g/mol. The Kier molecular flexibility index (Phi) is 6.72. The number of carbonyl (C=O) groups is 1. The number of amides is 1. The fourth-order valence-electron chi connectivity index (χ4n) is 3.11. The molecular formula is C19H16Cl3N3O3S. The lowest BCUT2D eigenvalue weighted by atomic mass is 9.97. The van der Waals surface area contributed by atoms with E-state index in [2.05, 4.69) is 5.32 Å². The Morgan fingerprint density at radius 3 is 2.38 bits per heavy atom. The van der Waals surface area contributed by atoms with Gasteiger partial charge in [0.05, 0.1) is 15.6 Å². The van der Waals surface area contributed by atoms with Gasteiger partial charge in [-0.1, -0.05) is 34.8 Å². The lowest BCUT2D eigenvalue weighted by Crippen LogP contribution is -2.41. The summed E-state index contributed by atoms with van der Waals surface area (Å²) in [6.45, 7) is 0.376. The first-order valence-electron chi connectivity index (χ1n) is 8.68. The van der Waals surface area contributed by atoms with Crippen LogP contribution in [-0.4, -0.2) is 31.7 Å². The number of hydrogen-bond donors (Lipinski definition) is 1. The normalized spacial score (nSPS) is 15.7. The minimum absolute atomic E-state index is 0.0419. The molecule has 0 bridgehead atoms. The molecule has 0 saturated carbocycles. The molecule has 0 aliphatic carbocycles. The van der Waals surface area contributed by atoms with Crippen molar-refractivity contribution >= 4 is 56.4 Å². The lowest BCUT2D eigenvalue weighted by molar-refractivity contribution is -0.120. The quantitative estimate of drug-likeness (QED) is 0.706. The fraction of sp³-hybridized carbons (Fsp3) is 0.263. The standard InChI is InChI=1S/C19H16Cl3N3O3S/c20-14-1-3-17(22)18(10-14)29(27,28)25-7-5-12(6-8-25)19(26)24-15-2-4-16(21)13(9-15)11-23/h1-4,9-10,12H,5-8H2,(H,24,26). The Morgan fingerprint density at radius 1 is 1.07 bits per heavy atom. The van der Waals surface area contributed by atoms with Crippen LogP contribution in [0.4, 0.5) is 5.69 Å². The third kappa shape index (κ3) is 4.85. The van der Waals surface area contributed by atoms with E-state index < -0.39 is 10.0 Å². The first kappa shape index (κ1) is 21.9. The van der Waals surface area contributed by atoms with E-state index in [1.807, 2.05) is 6.07 Å². The minimum Gasteiger partial charge on any atom is -0.326 e.